The molecule has 1 fully saturated rings. The number of aryl methyl sites for hydroxylation is 1. The van der Waals surface area contributed by atoms with Gasteiger partial charge < -0.3 is 9.80 Å². The standard InChI is InChI=1S/C28H30N4O4S/c1-19-6-8-21(9-7-19)27-24-11-15-37-25(24)10-12-30(27)18-26(33)29-13-14-31(20(2)17-29)28(34)22-4-3-5-23(16-22)32(35)36/h3-9,11,15-16,20,27H,10,12-14,17-18H2,1-2H3. The Kier molecular flexibility index (Phi) is 7.08. The molecule has 192 valence electrons. The van der Waals surface area contributed by atoms with E-state index in [2.05, 4.69) is 47.5 Å². The maximum absolute atomic E-state index is 13.5. The number of piperazine rings is 1. The van der Waals surface area contributed by atoms with E-state index in [1.807, 2.05) is 11.8 Å². The highest BCUT2D eigenvalue weighted by Crippen LogP contribution is 2.37. The van der Waals surface area contributed by atoms with Crippen molar-refractivity contribution in [2.45, 2.75) is 32.4 Å². The Labute approximate surface area is 220 Å². The zero-order valence-electron chi connectivity index (χ0n) is 21.0. The molecule has 3 heterocycles. The Bertz CT molecular complexity index is 1320. The summed E-state index contributed by atoms with van der Waals surface area (Å²) >= 11 is 1.78. The summed E-state index contributed by atoms with van der Waals surface area (Å²) < 4.78 is 0. The molecule has 1 saturated heterocycles. The van der Waals surface area contributed by atoms with Crippen LogP contribution in [-0.4, -0.2) is 70.2 Å². The van der Waals surface area contributed by atoms with Gasteiger partial charge in [0.1, 0.15) is 0 Å². The molecule has 2 aliphatic heterocycles. The minimum Gasteiger partial charge on any atom is -0.338 e. The van der Waals surface area contributed by atoms with E-state index in [1.54, 1.807) is 22.3 Å². The van der Waals surface area contributed by atoms with Gasteiger partial charge in [-0.15, -0.1) is 11.3 Å². The number of fused-ring (bicyclic) bond motifs is 1. The predicted octanol–water partition coefficient (Wildman–Crippen LogP) is 4.29. The highest BCUT2D eigenvalue weighted by atomic mass is 32.1. The van der Waals surface area contributed by atoms with Crippen molar-refractivity contribution in [1.29, 1.82) is 0 Å². The first-order valence-corrected chi connectivity index (χ1v) is 13.4. The average molecular weight is 519 g/mol. The summed E-state index contributed by atoms with van der Waals surface area (Å²) in [6, 6.07) is 16.4. The van der Waals surface area contributed by atoms with Crippen LogP contribution in [0.4, 0.5) is 5.69 Å². The van der Waals surface area contributed by atoms with Crippen molar-refractivity contribution >= 4 is 28.8 Å². The number of rotatable bonds is 5. The second-order valence-electron chi connectivity index (χ2n) is 9.83. The van der Waals surface area contributed by atoms with Crippen LogP contribution in [0, 0.1) is 17.0 Å². The van der Waals surface area contributed by atoms with Crippen molar-refractivity contribution < 1.29 is 14.5 Å². The van der Waals surface area contributed by atoms with Crippen molar-refractivity contribution in [3.8, 4) is 0 Å². The molecule has 8 nitrogen and oxygen atoms in total. The van der Waals surface area contributed by atoms with Gasteiger partial charge in [-0.2, -0.15) is 0 Å². The topological polar surface area (TPSA) is 87.0 Å². The van der Waals surface area contributed by atoms with Crippen molar-refractivity contribution in [1.82, 2.24) is 14.7 Å². The fraction of sp³-hybridized carbons (Fsp3) is 0.357. The number of nitro benzene ring substituents is 1. The molecule has 0 saturated carbocycles. The summed E-state index contributed by atoms with van der Waals surface area (Å²) in [6.07, 6.45) is 0.935. The lowest BCUT2D eigenvalue weighted by Gasteiger charge is -2.42. The normalized spacial score (nSPS) is 19.9. The summed E-state index contributed by atoms with van der Waals surface area (Å²) in [4.78, 5) is 44.4. The number of non-ortho nitro benzene ring substituents is 1. The Morgan fingerprint density at radius 3 is 2.59 bits per heavy atom. The fourth-order valence-corrected chi connectivity index (χ4v) is 6.26. The molecule has 0 aliphatic carbocycles. The van der Waals surface area contributed by atoms with Gasteiger partial charge >= 0.3 is 0 Å². The van der Waals surface area contributed by atoms with Crippen molar-refractivity contribution in [3.63, 3.8) is 0 Å². The second kappa shape index (κ2) is 10.4. The van der Waals surface area contributed by atoms with E-state index in [0.29, 0.717) is 31.7 Å². The maximum atomic E-state index is 13.5. The monoisotopic (exact) mass is 518 g/mol. The molecule has 0 spiro atoms. The zero-order chi connectivity index (χ0) is 26.1. The Morgan fingerprint density at radius 1 is 1.08 bits per heavy atom. The van der Waals surface area contributed by atoms with E-state index in [-0.39, 0.29) is 29.6 Å². The summed E-state index contributed by atoms with van der Waals surface area (Å²) in [6.45, 7) is 6.40. The first kappa shape index (κ1) is 25.1. The van der Waals surface area contributed by atoms with Crippen LogP contribution in [0.2, 0.25) is 0 Å². The zero-order valence-corrected chi connectivity index (χ0v) is 21.8. The van der Waals surface area contributed by atoms with Crippen LogP contribution in [0.3, 0.4) is 0 Å². The molecule has 2 unspecified atom stereocenters. The fourth-order valence-electron chi connectivity index (χ4n) is 5.36. The number of benzene rings is 2. The first-order chi connectivity index (χ1) is 17.8. The molecule has 0 bridgehead atoms. The van der Waals surface area contributed by atoms with E-state index in [1.165, 1.54) is 39.8 Å². The lowest BCUT2D eigenvalue weighted by molar-refractivity contribution is -0.384. The van der Waals surface area contributed by atoms with Gasteiger partial charge in [-0.05, 0) is 48.9 Å². The third kappa shape index (κ3) is 5.14. The van der Waals surface area contributed by atoms with E-state index in [0.717, 1.165) is 13.0 Å². The summed E-state index contributed by atoms with van der Waals surface area (Å²) in [5.41, 5.74) is 3.87. The van der Waals surface area contributed by atoms with Crippen molar-refractivity contribution in [2.24, 2.45) is 0 Å². The van der Waals surface area contributed by atoms with E-state index >= 15 is 0 Å². The third-order valence-corrected chi connectivity index (χ3v) is 8.34. The van der Waals surface area contributed by atoms with Crippen LogP contribution in [0.15, 0.2) is 60.0 Å². The van der Waals surface area contributed by atoms with Crippen LogP contribution in [0.25, 0.3) is 0 Å². The molecule has 37 heavy (non-hydrogen) atoms. The van der Waals surface area contributed by atoms with E-state index < -0.39 is 4.92 Å². The van der Waals surface area contributed by atoms with Crippen molar-refractivity contribution in [2.75, 3.05) is 32.7 Å². The summed E-state index contributed by atoms with van der Waals surface area (Å²) in [5, 5.41) is 13.2. The molecular formula is C28H30N4O4S. The Morgan fingerprint density at radius 2 is 1.86 bits per heavy atom. The van der Waals surface area contributed by atoms with E-state index in [9.17, 15) is 19.7 Å². The smallest absolute Gasteiger partial charge is 0.270 e. The minimum absolute atomic E-state index is 0.0497. The SMILES string of the molecule is Cc1ccc(C2c3ccsc3CCN2CC(=O)N2CCN(C(=O)c3cccc([N+](=O)[O-])c3)C(C)C2)cc1. The molecule has 0 N–H and O–H groups in total. The predicted molar refractivity (Wildman–Crippen MR) is 143 cm³/mol. The van der Waals surface area contributed by atoms with Gasteiger partial charge in [-0.3, -0.25) is 24.6 Å². The molecule has 3 aromatic rings. The number of carbonyl (C=O) groups excluding carboxylic acids is 2. The number of thiophene rings is 1. The molecule has 2 aliphatic rings. The molecule has 1 aromatic heterocycles. The molecule has 9 heteroatoms. The largest absolute Gasteiger partial charge is 0.338 e. The van der Waals surface area contributed by atoms with Gasteiger partial charge in [-0.25, -0.2) is 0 Å². The molecule has 0 radical (unpaired) electrons. The number of carbonyl (C=O) groups is 2. The Hall–Kier alpha value is -3.56. The van der Waals surface area contributed by atoms with Crippen LogP contribution in [0.5, 0.6) is 0 Å². The highest BCUT2D eigenvalue weighted by Gasteiger charge is 2.35. The van der Waals surface area contributed by atoms with Crippen LogP contribution in [-0.2, 0) is 11.2 Å². The van der Waals surface area contributed by atoms with Crippen LogP contribution < -0.4 is 0 Å². The molecule has 2 aromatic carbocycles. The lowest BCUT2D eigenvalue weighted by atomic mass is 9.92. The van der Waals surface area contributed by atoms with Gasteiger partial charge in [0.15, 0.2) is 0 Å². The van der Waals surface area contributed by atoms with E-state index in [4.69, 9.17) is 0 Å². The van der Waals surface area contributed by atoms with Gasteiger partial charge in [0.25, 0.3) is 11.6 Å². The number of nitrogens with zero attached hydrogens (tertiary/aromatic N) is 4. The molecular weight excluding hydrogens is 488 g/mol. The minimum atomic E-state index is -0.500. The Balaban J connectivity index is 1.27. The second-order valence-corrected chi connectivity index (χ2v) is 10.8. The van der Waals surface area contributed by atoms with Crippen LogP contribution >= 0.6 is 11.3 Å². The average Bonchev–Trinajstić information content (AvgIpc) is 3.38. The molecule has 5 rings (SSSR count). The van der Waals surface area contributed by atoms with Gasteiger partial charge in [0.2, 0.25) is 5.91 Å². The number of hydrogen-bond donors (Lipinski definition) is 0. The van der Waals surface area contributed by atoms with Crippen molar-refractivity contribution in [3.05, 3.63) is 97.2 Å². The highest BCUT2D eigenvalue weighted by molar-refractivity contribution is 7.10. The van der Waals surface area contributed by atoms with Crippen LogP contribution in [0.1, 0.15) is 44.9 Å². The number of hydrogen-bond acceptors (Lipinski definition) is 6. The number of nitro groups is 1. The quantitative estimate of drug-likeness (QED) is 0.372. The van der Waals surface area contributed by atoms with Gasteiger partial charge in [-0.1, -0.05) is 35.9 Å². The maximum Gasteiger partial charge on any atom is 0.270 e. The molecule has 2 amide bonds. The lowest BCUT2D eigenvalue weighted by Crippen LogP contribution is -2.57. The van der Waals surface area contributed by atoms with Gasteiger partial charge in [0, 0.05) is 54.8 Å². The third-order valence-electron chi connectivity index (χ3n) is 7.34. The van der Waals surface area contributed by atoms with Gasteiger partial charge in [0.05, 0.1) is 17.5 Å². The summed E-state index contributed by atoms with van der Waals surface area (Å²) in [7, 11) is 0. The number of amides is 2. The summed E-state index contributed by atoms with van der Waals surface area (Å²) in [5.74, 6) is -0.186. The molecule has 2 atom stereocenters. The first-order valence-electron chi connectivity index (χ1n) is 12.5.